The Morgan fingerprint density at radius 1 is 1.10 bits per heavy atom. The normalized spacial score (nSPS) is 13.6. The Hall–Kier alpha value is -2.07. The third-order valence-electron chi connectivity index (χ3n) is 3.23. The fourth-order valence-corrected chi connectivity index (χ4v) is 2.17. The van der Waals surface area contributed by atoms with Crippen molar-refractivity contribution in [1.82, 2.24) is 0 Å². The number of ether oxygens (including phenoxy) is 2. The van der Waals surface area contributed by atoms with Crippen LogP contribution in [0.15, 0.2) is 42.5 Å². The molecule has 0 fully saturated rings. The van der Waals surface area contributed by atoms with E-state index in [2.05, 4.69) is 0 Å². The number of rotatable bonds is 5. The molecule has 0 aliphatic heterocycles. The van der Waals surface area contributed by atoms with Gasteiger partial charge in [0.15, 0.2) is 11.5 Å². The Balaban J connectivity index is 2.33. The van der Waals surface area contributed by atoms with Crippen LogP contribution in [0.1, 0.15) is 24.2 Å². The molecule has 2 aromatic carbocycles. The predicted octanol–water partition coefficient (Wildman–Crippen LogP) is 3.61. The van der Waals surface area contributed by atoms with Crippen LogP contribution in [0.5, 0.6) is 11.5 Å². The highest BCUT2D eigenvalue weighted by atomic mass is 19.1. The molecule has 0 spiro atoms. The van der Waals surface area contributed by atoms with E-state index in [1.54, 1.807) is 19.2 Å². The second-order valence-corrected chi connectivity index (χ2v) is 5.11. The molecule has 2 N–H and O–H groups in total. The molecule has 0 aliphatic rings. The van der Waals surface area contributed by atoms with Gasteiger partial charge in [-0.25, -0.2) is 4.39 Å². The van der Waals surface area contributed by atoms with Gasteiger partial charge in [0.2, 0.25) is 0 Å². The van der Waals surface area contributed by atoms with Gasteiger partial charge >= 0.3 is 0 Å². The Bertz CT molecular complexity index is 613. The van der Waals surface area contributed by atoms with E-state index in [0.29, 0.717) is 17.1 Å². The maximum absolute atomic E-state index is 13.4. The van der Waals surface area contributed by atoms with Crippen molar-refractivity contribution in [3.63, 3.8) is 0 Å². The van der Waals surface area contributed by atoms with Gasteiger partial charge in [-0.1, -0.05) is 18.2 Å². The lowest BCUT2D eigenvalue weighted by molar-refractivity contribution is 0.173. The highest BCUT2D eigenvalue weighted by Crippen LogP contribution is 2.33. The van der Waals surface area contributed by atoms with Crippen molar-refractivity contribution in [3.8, 4) is 11.5 Å². The number of methoxy groups -OCH3 is 1. The summed E-state index contributed by atoms with van der Waals surface area (Å²) in [6.07, 6.45) is -0.447. The fourth-order valence-electron chi connectivity index (χ4n) is 2.17. The van der Waals surface area contributed by atoms with Crippen LogP contribution in [-0.2, 0) is 0 Å². The highest BCUT2D eigenvalue weighted by molar-refractivity contribution is 5.43. The molecule has 0 saturated heterocycles. The maximum Gasteiger partial charge on any atom is 0.162 e. The van der Waals surface area contributed by atoms with Crippen LogP contribution < -0.4 is 15.2 Å². The monoisotopic (exact) mass is 289 g/mol. The van der Waals surface area contributed by atoms with E-state index in [1.165, 1.54) is 12.1 Å². The number of halogens is 1. The Morgan fingerprint density at radius 3 is 2.48 bits per heavy atom. The summed E-state index contributed by atoms with van der Waals surface area (Å²) in [5.74, 6) is 0.921. The summed E-state index contributed by atoms with van der Waals surface area (Å²) in [5, 5.41) is 0. The fraction of sp³-hybridized carbons (Fsp3) is 0.294. The molecule has 2 rings (SSSR count). The molecule has 0 aliphatic carbocycles. The van der Waals surface area contributed by atoms with Crippen molar-refractivity contribution >= 4 is 0 Å². The highest BCUT2D eigenvalue weighted by Gasteiger charge is 2.20. The molecule has 21 heavy (non-hydrogen) atoms. The molecule has 0 saturated carbocycles. The minimum absolute atomic E-state index is 0.294. The lowest BCUT2D eigenvalue weighted by Gasteiger charge is -2.24. The molecule has 3 nitrogen and oxygen atoms in total. The van der Waals surface area contributed by atoms with Crippen molar-refractivity contribution in [2.24, 2.45) is 5.73 Å². The second-order valence-electron chi connectivity index (χ2n) is 5.11. The van der Waals surface area contributed by atoms with Crippen molar-refractivity contribution in [3.05, 3.63) is 59.4 Å². The molecule has 4 heteroatoms. The number of hydrogen-bond acceptors (Lipinski definition) is 3. The SMILES string of the molecule is COc1cc(C)ccc1OC(c1cccc(F)c1)C(C)N. The van der Waals surface area contributed by atoms with Gasteiger partial charge < -0.3 is 15.2 Å². The summed E-state index contributed by atoms with van der Waals surface area (Å²) >= 11 is 0. The van der Waals surface area contributed by atoms with E-state index in [0.717, 1.165) is 5.56 Å². The van der Waals surface area contributed by atoms with Gasteiger partial charge in [0, 0.05) is 6.04 Å². The maximum atomic E-state index is 13.4. The van der Waals surface area contributed by atoms with Gasteiger partial charge in [-0.2, -0.15) is 0 Å². The first-order valence-corrected chi connectivity index (χ1v) is 6.83. The average Bonchev–Trinajstić information content (AvgIpc) is 2.45. The number of aryl methyl sites for hydroxylation is 1. The zero-order valence-electron chi connectivity index (χ0n) is 12.5. The van der Waals surface area contributed by atoms with Crippen molar-refractivity contribution in [2.45, 2.75) is 26.0 Å². The summed E-state index contributed by atoms with van der Waals surface area (Å²) in [7, 11) is 1.59. The van der Waals surface area contributed by atoms with E-state index >= 15 is 0 Å². The Morgan fingerprint density at radius 2 is 1.86 bits per heavy atom. The van der Waals surface area contributed by atoms with Crippen molar-refractivity contribution in [2.75, 3.05) is 7.11 Å². The topological polar surface area (TPSA) is 44.5 Å². The summed E-state index contributed by atoms with van der Waals surface area (Å²) in [4.78, 5) is 0. The lowest BCUT2D eigenvalue weighted by Crippen LogP contribution is -2.29. The smallest absolute Gasteiger partial charge is 0.162 e. The molecule has 0 amide bonds. The zero-order chi connectivity index (χ0) is 15.4. The zero-order valence-corrected chi connectivity index (χ0v) is 12.5. The molecule has 2 aromatic rings. The van der Waals surface area contributed by atoms with Crippen LogP contribution in [0.2, 0.25) is 0 Å². The van der Waals surface area contributed by atoms with Crippen molar-refractivity contribution in [1.29, 1.82) is 0 Å². The van der Waals surface area contributed by atoms with Crippen LogP contribution in [0.4, 0.5) is 4.39 Å². The molecule has 2 unspecified atom stereocenters. The molecule has 0 radical (unpaired) electrons. The molecule has 0 aromatic heterocycles. The summed E-state index contributed by atoms with van der Waals surface area (Å²) in [6.45, 7) is 3.80. The van der Waals surface area contributed by atoms with Gasteiger partial charge in [0.05, 0.1) is 7.11 Å². The van der Waals surface area contributed by atoms with Crippen LogP contribution in [0.3, 0.4) is 0 Å². The van der Waals surface area contributed by atoms with Crippen LogP contribution in [0.25, 0.3) is 0 Å². The van der Waals surface area contributed by atoms with Crippen LogP contribution in [-0.4, -0.2) is 13.2 Å². The quantitative estimate of drug-likeness (QED) is 0.914. The van der Waals surface area contributed by atoms with Gasteiger partial charge in [0.1, 0.15) is 11.9 Å². The molecular weight excluding hydrogens is 269 g/mol. The largest absolute Gasteiger partial charge is 0.493 e. The first kappa shape index (κ1) is 15.3. The minimum Gasteiger partial charge on any atom is -0.493 e. The Kier molecular flexibility index (Phi) is 4.81. The van der Waals surface area contributed by atoms with Crippen LogP contribution >= 0.6 is 0 Å². The molecule has 112 valence electrons. The second kappa shape index (κ2) is 6.59. The summed E-state index contributed by atoms with van der Waals surface area (Å²) < 4.78 is 24.7. The molecule has 2 atom stereocenters. The van der Waals surface area contributed by atoms with E-state index in [1.807, 2.05) is 32.0 Å². The molecular formula is C17H20FNO2. The molecule has 0 bridgehead atoms. The van der Waals surface area contributed by atoms with E-state index in [9.17, 15) is 4.39 Å². The third kappa shape index (κ3) is 3.73. The number of benzene rings is 2. The number of hydrogen-bond donors (Lipinski definition) is 1. The number of nitrogens with two attached hydrogens (primary N) is 1. The van der Waals surface area contributed by atoms with Crippen molar-refractivity contribution < 1.29 is 13.9 Å². The van der Waals surface area contributed by atoms with E-state index in [-0.39, 0.29) is 11.9 Å². The van der Waals surface area contributed by atoms with Gasteiger partial charge in [0.25, 0.3) is 0 Å². The van der Waals surface area contributed by atoms with Gasteiger partial charge in [-0.15, -0.1) is 0 Å². The first-order chi connectivity index (χ1) is 10.0. The minimum atomic E-state index is -0.447. The van der Waals surface area contributed by atoms with E-state index < -0.39 is 6.10 Å². The van der Waals surface area contributed by atoms with Gasteiger partial charge in [-0.3, -0.25) is 0 Å². The third-order valence-corrected chi connectivity index (χ3v) is 3.23. The standard InChI is InChI=1S/C17H20FNO2/c1-11-7-8-15(16(9-11)20-3)21-17(12(2)19)13-5-4-6-14(18)10-13/h4-10,12,17H,19H2,1-3H3. The van der Waals surface area contributed by atoms with Crippen LogP contribution in [0, 0.1) is 12.7 Å². The lowest BCUT2D eigenvalue weighted by atomic mass is 10.0. The van der Waals surface area contributed by atoms with E-state index in [4.69, 9.17) is 15.2 Å². The Labute approximate surface area is 124 Å². The summed E-state index contributed by atoms with van der Waals surface area (Å²) in [5.41, 5.74) is 7.77. The summed E-state index contributed by atoms with van der Waals surface area (Å²) in [6, 6.07) is 11.7. The molecule has 0 heterocycles. The average molecular weight is 289 g/mol. The first-order valence-electron chi connectivity index (χ1n) is 6.83. The predicted molar refractivity (Wildman–Crippen MR) is 81.1 cm³/mol. The van der Waals surface area contributed by atoms with Gasteiger partial charge in [-0.05, 0) is 49.2 Å².